The first-order valence-electron chi connectivity index (χ1n) is 9.25. The van der Waals surface area contributed by atoms with Crippen LogP contribution in [-0.2, 0) is 13.0 Å². The van der Waals surface area contributed by atoms with Gasteiger partial charge in [0.2, 0.25) is 0 Å². The number of nitrogens with one attached hydrogen (secondary N) is 2. The Labute approximate surface area is 160 Å². The lowest BCUT2D eigenvalue weighted by Crippen LogP contribution is -2.42. The number of para-hydroxylation sites is 1. The average molecular weight is 373 g/mol. The second-order valence-electron chi connectivity index (χ2n) is 6.34. The van der Waals surface area contributed by atoms with Gasteiger partial charge in [0, 0.05) is 44.6 Å². The quantitative estimate of drug-likeness (QED) is 0.425. The van der Waals surface area contributed by atoms with E-state index in [1.165, 1.54) is 12.0 Å². The van der Waals surface area contributed by atoms with E-state index < -0.39 is 0 Å². The van der Waals surface area contributed by atoms with Gasteiger partial charge in [-0.2, -0.15) is 0 Å². The molecule has 0 aliphatic carbocycles. The summed E-state index contributed by atoms with van der Waals surface area (Å²) in [6.45, 7) is 5.70. The molecule has 3 rings (SSSR count). The van der Waals surface area contributed by atoms with E-state index in [9.17, 15) is 0 Å². The van der Waals surface area contributed by atoms with Crippen molar-refractivity contribution >= 4 is 17.3 Å². The van der Waals surface area contributed by atoms with Gasteiger partial charge in [-0.15, -0.1) is 11.3 Å². The first-order chi connectivity index (χ1) is 12.8. The first-order valence-corrected chi connectivity index (χ1v) is 10.1. The van der Waals surface area contributed by atoms with Gasteiger partial charge >= 0.3 is 0 Å². The highest BCUT2D eigenvalue weighted by Gasteiger charge is 2.16. The zero-order valence-corrected chi connectivity index (χ0v) is 16.2. The molecule has 1 aromatic carbocycles. The lowest BCUT2D eigenvalue weighted by molar-refractivity contribution is 0.260. The summed E-state index contributed by atoms with van der Waals surface area (Å²) in [6.07, 6.45) is 2.12. The van der Waals surface area contributed by atoms with Crippen LogP contribution in [0.4, 0.5) is 0 Å². The second kappa shape index (κ2) is 10.2. The Morgan fingerprint density at radius 1 is 1.19 bits per heavy atom. The number of ether oxygens (including phenoxy) is 1. The molecule has 140 valence electrons. The molecule has 0 spiro atoms. The lowest BCUT2D eigenvalue weighted by Gasteiger charge is -2.27. The fourth-order valence-corrected chi connectivity index (χ4v) is 3.93. The molecule has 2 N–H and O–H groups in total. The minimum atomic E-state index is 0.699. The minimum Gasteiger partial charge on any atom is -0.494 e. The van der Waals surface area contributed by atoms with Crippen molar-refractivity contribution in [2.75, 3.05) is 39.8 Å². The van der Waals surface area contributed by atoms with Gasteiger partial charge in [0.25, 0.3) is 0 Å². The fraction of sp³-hybridized carbons (Fsp3) is 0.450. The van der Waals surface area contributed by atoms with Crippen molar-refractivity contribution in [2.45, 2.75) is 19.4 Å². The topological polar surface area (TPSA) is 48.9 Å². The van der Waals surface area contributed by atoms with E-state index in [0.29, 0.717) is 6.61 Å². The summed E-state index contributed by atoms with van der Waals surface area (Å²) in [5, 5.41) is 8.96. The van der Waals surface area contributed by atoms with Gasteiger partial charge in [0.05, 0.1) is 6.61 Å². The summed E-state index contributed by atoms with van der Waals surface area (Å²) in [4.78, 5) is 8.35. The Bertz CT molecular complexity index is 686. The van der Waals surface area contributed by atoms with Crippen LogP contribution in [0, 0.1) is 0 Å². The molecule has 0 radical (unpaired) electrons. The first kappa shape index (κ1) is 18.7. The van der Waals surface area contributed by atoms with E-state index >= 15 is 0 Å². The third-order valence-electron chi connectivity index (χ3n) is 4.46. The van der Waals surface area contributed by atoms with E-state index in [1.54, 1.807) is 4.88 Å². The molecule has 1 aliphatic rings. The van der Waals surface area contributed by atoms with Crippen LogP contribution in [-0.4, -0.2) is 50.7 Å². The van der Waals surface area contributed by atoms with Crippen LogP contribution in [0.15, 0.2) is 46.8 Å². The van der Waals surface area contributed by atoms with E-state index in [0.717, 1.165) is 50.9 Å². The van der Waals surface area contributed by atoms with Gasteiger partial charge in [-0.1, -0.05) is 18.2 Å². The Balaban J connectivity index is 1.27. The third-order valence-corrected chi connectivity index (χ3v) is 5.48. The smallest absolute Gasteiger partial charge is 0.191 e. The van der Waals surface area contributed by atoms with Gasteiger partial charge in [-0.3, -0.25) is 9.89 Å². The molecule has 0 unspecified atom stereocenters. The number of rotatable bonds is 8. The molecule has 0 amide bonds. The zero-order chi connectivity index (χ0) is 18.0. The van der Waals surface area contributed by atoms with Gasteiger partial charge in [-0.05, 0) is 42.0 Å². The van der Waals surface area contributed by atoms with Gasteiger partial charge in [0.15, 0.2) is 5.96 Å². The highest BCUT2D eigenvalue weighted by molar-refractivity contribution is 7.10. The van der Waals surface area contributed by atoms with Gasteiger partial charge in [-0.25, -0.2) is 0 Å². The Hall–Kier alpha value is -2.05. The van der Waals surface area contributed by atoms with Crippen molar-refractivity contribution in [3.8, 4) is 5.75 Å². The molecular weight excluding hydrogens is 344 g/mol. The Morgan fingerprint density at radius 2 is 2.04 bits per heavy atom. The molecule has 2 heterocycles. The molecule has 0 atom stereocenters. The van der Waals surface area contributed by atoms with Crippen LogP contribution >= 0.6 is 11.3 Å². The van der Waals surface area contributed by atoms with Crippen LogP contribution < -0.4 is 15.4 Å². The summed E-state index contributed by atoms with van der Waals surface area (Å²) in [5.41, 5.74) is 1.50. The maximum Gasteiger partial charge on any atom is 0.191 e. The maximum atomic E-state index is 5.70. The molecule has 1 aliphatic heterocycles. The molecule has 1 aromatic heterocycles. The van der Waals surface area contributed by atoms with Crippen LogP contribution in [0.25, 0.3) is 0 Å². The average Bonchev–Trinajstić information content (AvgIpc) is 3.15. The largest absolute Gasteiger partial charge is 0.494 e. The molecule has 0 fully saturated rings. The second-order valence-corrected chi connectivity index (χ2v) is 7.34. The third kappa shape index (κ3) is 5.75. The molecule has 0 saturated heterocycles. The Kier molecular flexibility index (Phi) is 7.34. The number of benzene rings is 1. The van der Waals surface area contributed by atoms with E-state index in [4.69, 9.17) is 4.74 Å². The summed E-state index contributed by atoms with van der Waals surface area (Å²) in [7, 11) is 1.81. The monoisotopic (exact) mass is 372 g/mol. The molecular formula is C20H28N4OS. The summed E-state index contributed by atoms with van der Waals surface area (Å²) in [5.74, 6) is 1.78. The fourth-order valence-electron chi connectivity index (χ4n) is 3.04. The number of thiophene rings is 1. The number of guanidine groups is 1. The normalized spacial score (nSPS) is 14.7. The number of fused-ring (bicyclic) bond motifs is 1. The molecule has 0 saturated carbocycles. The van der Waals surface area contributed by atoms with Crippen molar-refractivity contribution < 1.29 is 4.74 Å². The van der Waals surface area contributed by atoms with Gasteiger partial charge < -0.3 is 15.4 Å². The summed E-state index contributed by atoms with van der Waals surface area (Å²) in [6, 6.07) is 12.2. The van der Waals surface area contributed by atoms with Crippen LogP contribution in [0.3, 0.4) is 0 Å². The van der Waals surface area contributed by atoms with E-state index in [1.807, 2.05) is 48.7 Å². The highest BCUT2D eigenvalue weighted by Crippen LogP contribution is 2.23. The Morgan fingerprint density at radius 3 is 2.88 bits per heavy atom. The number of hydrogen-bond donors (Lipinski definition) is 2. The van der Waals surface area contributed by atoms with Crippen LogP contribution in [0.5, 0.6) is 5.75 Å². The standard InChI is InChI=1S/C20H28N4OS/c1-21-20(22-10-5-14-25-18-6-3-2-4-7-18)23-11-13-24-12-8-19-17(16-24)9-15-26-19/h2-4,6-7,9,15H,5,8,10-14,16H2,1H3,(H2,21,22,23). The maximum absolute atomic E-state index is 5.70. The van der Waals surface area contributed by atoms with Crippen molar-refractivity contribution in [3.05, 3.63) is 52.2 Å². The van der Waals surface area contributed by atoms with E-state index in [2.05, 4.69) is 32.0 Å². The molecule has 26 heavy (non-hydrogen) atoms. The van der Waals surface area contributed by atoms with Crippen LogP contribution in [0.2, 0.25) is 0 Å². The number of nitrogens with zero attached hydrogens (tertiary/aromatic N) is 2. The predicted octanol–water partition coefficient (Wildman–Crippen LogP) is 2.74. The van der Waals surface area contributed by atoms with Crippen LogP contribution in [0.1, 0.15) is 16.9 Å². The summed E-state index contributed by atoms with van der Waals surface area (Å²) >= 11 is 1.89. The van der Waals surface area contributed by atoms with Crippen molar-refractivity contribution in [3.63, 3.8) is 0 Å². The SMILES string of the molecule is CN=C(NCCCOc1ccccc1)NCCN1CCc2sccc2C1. The lowest BCUT2D eigenvalue weighted by atomic mass is 10.1. The molecule has 0 bridgehead atoms. The molecule has 6 heteroatoms. The van der Waals surface area contributed by atoms with E-state index in [-0.39, 0.29) is 0 Å². The predicted molar refractivity (Wildman–Crippen MR) is 109 cm³/mol. The minimum absolute atomic E-state index is 0.699. The number of aliphatic imine (C=N–C) groups is 1. The van der Waals surface area contributed by atoms with Crippen molar-refractivity contribution in [1.82, 2.24) is 15.5 Å². The highest BCUT2D eigenvalue weighted by atomic mass is 32.1. The van der Waals surface area contributed by atoms with Gasteiger partial charge in [0.1, 0.15) is 5.75 Å². The summed E-state index contributed by atoms with van der Waals surface area (Å²) < 4.78 is 5.70. The van der Waals surface area contributed by atoms with Crippen molar-refractivity contribution in [1.29, 1.82) is 0 Å². The zero-order valence-electron chi connectivity index (χ0n) is 15.4. The molecule has 2 aromatic rings. The van der Waals surface area contributed by atoms with Crippen molar-refractivity contribution in [2.24, 2.45) is 4.99 Å². The number of hydrogen-bond acceptors (Lipinski definition) is 4. The molecule has 5 nitrogen and oxygen atoms in total.